The first-order valence-electron chi connectivity index (χ1n) is 10.9. The maximum absolute atomic E-state index is 13.5. The quantitative estimate of drug-likeness (QED) is 0.733. The van der Waals surface area contributed by atoms with Crippen LogP contribution in [0.2, 0.25) is 0 Å². The van der Waals surface area contributed by atoms with Gasteiger partial charge in [0.05, 0.1) is 18.8 Å². The van der Waals surface area contributed by atoms with Crippen LogP contribution in [-0.4, -0.2) is 78.9 Å². The number of rotatable bonds is 6. The molecule has 2 heterocycles. The van der Waals surface area contributed by atoms with Crippen molar-refractivity contribution in [3.63, 3.8) is 0 Å². The SMILES string of the molecule is OC1(CN2CCOC[C@](O)(COc3ccccc3)C2)CCN(c2cccc(F)c2)CC1. The zero-order valence-corrected chi connectivity index (χ0v) is 17.8. The Morgan fingerprint density at radius 1 is 0.968 bits per heavy atom. The maximum atomic E-state index is 13.5. The first-order valence-corrected chi connectivity index (χ1v) is 10.9. The van der Waals surface area contributed by atoms with Crippen molar-refractivity contribution in [1.82, 2.24) is 4.90 Å². The third kappa shape index (κ3) is 5.95. The van der Waals surface area contributed by atoms with Crippen molar-refractivity contribution in [2.24, 2.45) is 0 Å². The van der Waals surface area contributed by atoms with Gasteiger partial charge in [0.25, 0.3) is 0 Å². The maximum Gasteiger partial charge on any atom is 0.134 e. The Morgan fingerprint density at radius 3 is 2.48 bits per heavy atom. The summed E-state index contributed by atoms with van der Waals surface area (Å²) in [5.41, 5.74) is -1.15. The minimum absolute atomic E-state index is 0.124. The van der Waals surface area contributed by atoms with E-state index in [1.54, 1.807) is 6.07 Å². The molecule has 0 aromatic heterocycles. The lowest BCUT2D eigenvalue weighted by atomic mass is 9.90. The van der Waals surface area contributed by atoms with Crippen molar-refractivity contribution in [2.45, 2.75) is 24.0 Å². The van der Waals surface area contributed by atoms with E-state index < -0.39 is 11.2 Å². The molecule has 31 heavy (non-hydrogen) atoms. The number of aliphatic hydroxyl groups is 2. The Morgan fingerprint density at radius 2 is 1.74 bits per heavy atom. The van der Waals surface area contributed by atoms with Gasteiger partial charge in [-0.1, -0.05) is 24.3 Å². The molecule has 2 fully saturated rings. The van der Waals surface area contributed by atoms with E-state index in [0.29, 0.717) is 57.9 Å². The van der Waals surface area contributed by atoms with Crippen LogP contribution in [-0.2, 0) is 4.74 Å². The number of ether oxygens (including phenoxy) is 2. The normalized spacial score (nSPS) is 24.5. The molecule has 6 nitrogen and oxygen atoms in total. The summed E-state index contributed by atoms with van der Waals surface area (Å²) in [5.74, 6) is 0.454. The Labute approximate surface area is 182 Å². The van der Waals surface area contributed by atoms with Crippen LogP contribution >= 0.6 is 0 Å². The highest BCUT2D eigenvalue weighted by molar-refractivity contribution is 5.47. The predicted molar refractivity (Wildman–Crippen MR) is 117 cm³/mol. The van der Waals surface area contributed by atoms with Gasteiger partial charge in [0, 0.05) is 38.4 Å². The second-order valence-electron chi connectivity index (χ2n) is 8.78. The van der Waals surface area contributed by atoms with Crippen molar-refractivity contribution in [2.75, 3.05) is 57.4 Å². The lowest BCUT2D eigenvalue weighted by Gasteiger charge is -2.42. The van der Waals surface area contributed by atoms with E-state index in [1.807, 2.05) is 36.4 Å². The summed E-state index contributed by atoms with van der Waals surface area (Å²) in [4.78, 5) is 4.17. The highest BCUT2D eigenvalue weighted by atomic mass is 19.1. The highest BCUT2D eigenvalue weighted by Crippen LogP contribution is 2.28. The lowest BCUT2D eigenvalue weighted by Crippen LogP contribution is -2.55. The van der Waals surface area contributed by atoms with Gasteiger partial charge >= 0.3 is 0 Å². The molecule has 1 atom stereocenters. The minimum Gasteiger partial charge on any atom is -0.490 e. The Balaban J connectivity index is 1.33. The summed E-state index contributed by atoms with van der Waals surface area (Å²) in [6.07, 6.45) is 1.17. The first kappa shape index (κ1) is 22.0. The van der Waals surface area contributed by atoms with Gasteiger partial charge in [-0.15, -0.1) is 0 Å². The summed E-state index contributed by atoms with van der Waals surface area (Å²) >= 11 is 0. The van der Waals surface area contributed by atoms with Gasteiger partial charge in [-0.25, -0.2) is 4.39 Å². The van der Waals surface area contributed by atoms with Crippen molar-refractivity contribution < 1.29 is 24.1 Å². The van der Waals surface area contributed by atoms with Crippen LogP contribution in [0, 0.1) is 5.82 Å². The van der Waals surface area contributed by atoms with E-state index in [0.717, 1.165) is 5.69 Å². The summed E-state index contributed by atoms with van der Waals surface area (Å²) < 4.78 is 25.0. The van der Waals surface area contributed by atoms with Crippen LogP contribution in [0.5, 0.6) is 5.75 Å². The molecule has 0 radical (unpaired) electrons. The third-order valence-corrected chi connectivity index (χ3v) is 6.08. The second kappa shape index (κ2) is 9.53. The van der Waals surface area contributed by atoms with Crippen molar-refractivity contribution in [3.8, 4) is 5.75 Å². The third-order valence-electron chi connectivity index (χ3n) is 6.08. The van der Waals surface area contributed by atoms with E-state index in [4.69, 9.17) is 9.47 Å². The Kier molecular flexibility index (Phi) is 6.77. The molecule has 0 aliphatic carbocycles. The zero-order valence-electron chi connectivity index (χ0n) is 17.8. The molecule has 2 aromatic carbocycles. The van der Waals surface area contributed by atoms with Gasteiger partial charge in [-0.2, -0.15) is 0 Å². The Hall–Kier alpha value is -2.19. The molecule has 168 valence electrons. The number of anilines is 1. The number of benzene rings is 2. The molecular weight excluding hydrogens is 399 g/mol. The summed E-state index contributed by atoms with van der Waals surface area (Å²) in [6.45, 7) is 3.61. The first-order chi connectivity index (χ1) is 14.9. The fourth-order valence-corrected chi connectivity index (χ4v) is 4.38. The topological polar surface area (TPSA) is 65.4 Å². The Bertz CT molecular complexity index is 844. The molecule has 0 spiro atoms. The fraction of sp³-hybridized carbons (Fsp3) is 0.500. The number of hydrogen-bond donors (Lipinski definition) is 2. The second-order valence-corrected chi connectivity index (χ2v) is 8.78. The van der Waals surface area contributed by atoms with E-state index >= 15 is 0 Å². The van der Waals surface area contributed by atoms with E-state index in [9.17, 15) is 14.6 Å². The lowest BCUT2D eigenvalue weighted by molar-refractivity contribution is -0.0742. The molecule has 0 unspecified atom stereocenters. The molecule has 4 rings (SSSR count). The van der Waals surface area contributed by atoms with Crippen LogP contribution in [0.15, 0.2) is 54.6 Å². The number of nitrogens with zero attached hydrogens (tertiary/aromatic N) is 2. The van der Waals surface area contributed by atoms with Crippen molar-refractivity contribution in [1.29, 1.82) is 0 Å². The number of piperidine rings is 1. The monoisotopic (exact) mass is 430 g/mol. The van der Waals surface area contributed by atoms with Crippen molar-refractivity contribution >= 4 is 5.69 Å². The molecule has 2 aromatic rings. The van der Waals surface area contributed by atoms with Gasteiger partial charge in [0.2, 0.25) is 0 Å². The van der Waals surface area contributed by atoms with Gasteiger partial charge in [0.1, 0.15) is 23.8 Å². The van der Waals surface area contributed by atoms with Gasteiger partial charge in [-0.05, 0) is 43.2 Å². The van der Waals surface area contributed by atoms with Crippen LogP contribution in [0.3, 0.4) is 0 Å². The van der Waals surface area contributed by atoms with E-state index in [2.05, 4.69) is 9.80 Å². The van der Waals surface area contributed by atoms with Gasteiger partial charge in [-0.3, -0.25) is 4.90 Å². The molecule has 7 heteroatoms. The number of hydrogen-bond acceptors (Lipinski definition) is 6. The van der Waals surface area contributed by atoms with Crippen LogP contribution in [0.1, 0.15) is 12.8 Å². The van der Waals surface area contributed by atoms with Crippen LogP contribution in [0.25, 0.3) is 0 Å². The zero-order chi connectivity index (χ0) is 21.7. The molecule has 2 aliphatic rings. The average Bonchev–Trinajstić information content (AvgIpc) is 2.94. The number of halogens is 1. The van der Waals surface area contributed by atoms with Crippen LogP contribution < -0.4 is 9.64 Å². The van der Waals surface area contributed by atoms with Crippen LogP contribution in [0.4, 0.5) is 10.1 Å². The number of β-amino-alcohol motifs (C(OH)–C–C–N with tert-alkyl or cyclic N) is 2. The predicted octanol–water partition coefficient (Wildman–Crippen LogP) is 2.30. The largest absolute Gasteiger partial charge is 0.490 e. The molecule has 0 saturated carbocycles. The smallest absolute Gasteiger partial charge is 0.134 e. The molecule has 0 amide bonds. The minimum atomic E-state index is -1.15. The highest BCUT2D eigenvalue weighted by Gasteiger charge is 2.39. The van der Waals surface area contributed by atoms with Gasteiger partial charge < -0.3 is 24.6 Å². The molecule has 2 N–H and O–H groups in total. The average molecular weight is 431 g/mol. The molecule has 2 aliphatic heterocycles. The molecule has 0 bridgehead atoms. The molecular formula is C24H31FN2O4. The summed E-state index contributed by atoms with van der Waals surface area (Å²) in [7, 11) is 0. The number of para-hydroxylation sites is 1. The van der Waals surface area contributed by atoms with Gasteiger partial charge in [0.15, 0.2) is 0 Å². The van der Waals surface area contributed by atoms with Crippen molar-refractivity contribution in [3.05, 3.63) is 60.4 Å². The summed E-state index contributed by atoms with van der Waals surface area (Å²) in [5, 5.41) is 22.3. The fourth-order valence-electron chi connectivity index (χ4n) is 4.38. The van der Waals surface area contributed by atoms with E-state index in [-0.39, 0.29) is 19.0 Å². The summed E-state index contributed by atoms with van der Waals surface area (Å²) in [6, 6.07) is 16.0. The molecule has 2 saturated heterocycles. The van der Waals surface area contributed by atoms with E-state index in [1.165, 1.54) is 12.1 Å². The standard InChI is InChI=1S/C24H31FN2O4/c25-20-5-4-6-21(15-20)27-11-9-23(28,10-12-27)16-26-13-14-30-18-24(29,17-26)19-31-22-7-2-1-3-8-22/h1-8,15,28-29H,9-14,16-19H2/t24-/m0/s1.